The van der Waals surface area contributed by atoms with Crippen LogP contribution in [-0.4, -0.2) is 21.4 Å². The lowest BCUT2D eigenvalue weighted by Crippen LogP contribution is -2.33. The molecule has 0 bridgehead atoms. The number of alkyl halides is 1. The highest BCUT2D eigenvalue weighted by Gasteiger charge is 2.22. The molecule has 0 aliphatic heterocycles. The van der Waals surface area contributed by atoms with E-state index in [0.717, 1.165) is 24.5 Å². The predicted molar refractivity (Wildman–Crippen MR) is 62.3 cm³/mol. The molecular formula is C11H16ClN3. The maximum absolute atomic E-state index is 6.27. The summed E-state index contributed by atoms with van der Waals surface area (Å²) in [4.78, 5) is 8.39. The van der Waals surface area contributed by atoms with Gasteiger partial charge in [-0.3, -0.25) is 0 Å². The van der Waals surface area contributed by atoms with E-state index >= 15 is 0 Å². The van der Waals surface area contributed by atoms with Gasteiger partial charge in [-0.05, 0) is 25.8 Å². The van der Waals surface area contributed by atoms with E-state index in [-0.39, 0.29) is 5.38 Å². The van der Waals surface area contributed by atoms with Gasteiger partial charge in [-0.1, -0.05) is 12.8 Å². The average molecular weight is 226 g/mol. The highest BCUT2D eigenvalue weighted by Crippen LogP contribution is 2.25. The molecular weight excluding hydrogens is 210 g/mol. The number of aromatic nitrogens is 2. The van der Waals surface area contributed by atoms with Gasteiger partial charge in [0, 0.05) is 12.2 Å². The molecule has 1 saturated carbocycles. The number of hydrogen-bond acceptors (Lipinski definition) is 3. The largest absolute Gasteiger partial charge is 0.366 e. The van der Waals surface area contributed by atoms with Gasteiger partial charge >= 0.3 is 0 Å². The number of aryl methyl sites for hydroxylation is 1. The molecule has 1 N–H and O–H groups in total. The third-order valence-corrected chi connectivity index (χ3v) is 3.31. The Hall–Kier alpha value is -0.830. The van der Waals surface area contributed by atoms with E-state index in [4.69, 9.17) is 11.6 Å². The van der Waals surface area contributed by atoms with Crippen LogP contribution in [0, 0.1) is 6.92 Å². The molecule has 2 unspecified atom stereocenters. The van der Waals surface area contributed by atoms with Gasteiger partial charge < -0.3 is 5.32 Å². The van der Waals surface area contributed by atoms with E-state index in [2.05, 4.69) is 15.3 Å². The summed E-state index contributed by atoms with van der Waals surface area (Å²) >= 11 is 6.27. The highest BCUT2D eigenvalue weighted by atomic mass is 35.5. The zero-order valence-electron chi connectivity index (χ0n) is 8.91. The molecule has 1 heterocycles. The highest BCUT2D eigenvalue weighted by molar-refractivity contribution is 6.21. The van der Waals surface area contributed by atoms with Gasteiger partial charge in [0.15, 0.2) is 0 Å². The van der Waals surface area contributed by atoms with Crippen molar-refractivity contribution in [1.29, 1.82) is 0 Å². The van der Waals surface area contributed by atoms with Crippen molar-refractivity contribution in [2.75, 3.05) is 5.32 Å². The summed E-state index contributed by atoms with van der Waals surface area (Å²) in [6.07, 6.45) is 6.51. The van der Waals surface area contributed by atoms with Gasteiger partial charge in [-0.2, -0.15) is 0 Å². The summed E-state index contributed by atoms with van der Waals surface area (Å²) in [5.74, 6) is 1.68. The Kier molecular flexibility index (Phi) is 3.41. The Morgan fingerprint density at radius 3 is 2.93 bits per heavy atom. The van der Waals surface area contributed by atoms with Gasteiger partial charge in [0.2, 0.25) is 0 Å². The lowest BCUT2D eigenvalue weighted by atomic mass is 9.95. The number of nitrogens with one attached hydrogen (secondary N) is 1. The number of anilines is 1. The van der Waals surface area contributed by atoms with Gasteiger partial charge in [-0.15, -0.1) is 11.6 Å². The minimum absolute atomic E-state index is 0.231. The Bertz CT molecular complexity index is 329. The van der Waals surface area contributed by atoms with Crippen LogP contribution in [0.2, 0.25) is 0 Å². The molecule has 1 aliphatic rings. The van der Waals surface area contributed by atoms with E-state index in [1.54, 1.807) is 6.20 Å². The summed E-state index contributed by atoms with van der Waals surface area (Å²) in [6.45, 7) is 1.89. The molecule has 1 aliphatic carbocycles. The Labute approximate surface area is 95.3 Å². The second-order valence-corrected chi connectivity index (χ2v) is 4.60. The number of rotatable bonds is 2. The second kappa shape index (κ2) is 4.79. The predicted octanol–water partition coefficient (Wildman–Crippen LogP) is 2.75. The summed E-state index contributed by atoms with van der Waals surface area (Å²) < 4.78 is 0. The van der Waals surface area contributed by atoms with E-state index in [0.29, 0.717) is 6.04 Å². The smallest absolute Gasteiger partial charge is 0.129 e. The van der Waals surface area contributed by atoms with Crippen LogP contribution in [0.3, 0.4) is 0 Å². The maximum Gasteiger partial charge on any atom is 0.129 e. The van der Waals surface area contributed by atoms with Crippen LogP contribution in [0.1, 0.15) is 31.5 Å². The van der Waals surface area contributed by atoms with Crippen molar-refractivity contribution in [2.45, 2.75) is 44.0 Å². The molecule has 2 atom stereocenters. The Morgan fingerprint density at radius 2 is 2.20 bits per heavy atom. The first-order chi connectivity index (χ1) is 7.25. The Balaban J connectivity index is 2.01. The number of halogens is 1. The summed E-state index contributed by atoms with van der Waals surface area (Å²) in [5.41, 5.74) is 0. The fourth-order valence-electron chi connectivity index (χ4n) is 1.97. The summed E-state index contributed by atoms with van der Waals surface area (Å²) in [5, 5.41) is 3.62. The standard InChI is InChI=1S/C11H16ClN3/c1-8-13-7-6-11(14-8)15-10-5-3-2-4-9(10)12/h6-7,9-10H,2-5H2,1H3,(H,13,14,15). The van der Waals surface area contributed by atoms with Crippen LogP contribution >= 0.6 is 11.6 Å². The molecule has 0 amide bonds. The first-order valence-electron chi connectivity index (χ1n) is 5.46. The van der Waals surface area contributed by atoms with Crippen molar-refractivity contribution >= 4 is 17.4 Å². The molecule has 1 aromatic rings. The van der Waals surface area contributed by atoms with E-state index in [1.807, 2.05) is 13.0 Å². The van der Waals surface area contributed by atoms with Crippen molar-refractivity contribution in [1.82, 2.24) is 9.97 Å². The molecule has 3 nitrogen and oxygen atoms in total. The minimum Gasteiger partial charge on any atom is -0.366 e. The monoisotopic (exact) mass is 225 g/mol. The average Bonchev–Trinajstić information content (AvgIpc) is 2.22. The zero-order chi connectivity index (χ0) is 10.7. The number of hydrogen-bond donors (Lipinski definition) is 1. The SMILES string of the molecule is Cc1nccc(NC2CCCCC2Cl)n1. The van der Waals surface area contributed by atoms with E-state index in [9.17, 15) is 0 Å². The van der Waals surface area contributed by atoms with Gasteiger partial charge in [0.05, 0.1) is 5.38 Å². The lowest BCUT2D eigenvalue weighted by Gasteiger charge is -2.28. The van der Waals surface area contributed by atoms with Crippen molar-refractivity contribution in [3.8, 4) is 0 Å². The number of nitrogens with zero attached hydrogens (tertiary/aromatic N) is 2. The topological polar surface area (TPSA) is 37.8 Å². The van der Waals surface area contributed by atoms with Crippen LogP contribution in [-0.2, 0) is 0 Å². The molecule has 15 heavy (non-hydrogen) atoms. The normalized spacial score (nSPS) is 26.3. The van der Waals surface area contributed by atoms with Crippen LogP contribution in [0.25, 0.3) is 0 Å². The summed E-state index contributed by atoms with van der Waals surface area (Å²) in [6, 6.07) is 2.25. The molecule has 0 radical (unpaired) electrons. The second-order valence-electron chi connectivity index (χ2n) is 4.04. The van der Waals surface area contributed by atoms with Gasteiger partial charge in [0.1, 0.15) is 11.6 Å². The molecule has 2 rings (SSSR count). The van der Waals surface area contributed by atoms with Crippen molar-refractivity contribution in [3.63, 3.8) is 0 Å². The fraction of sp³-hybridized carbons (Fsp3) is 0.636. The Morgan fingerprint density at radius 1 is 1.40 bits per heavy atom. The van der Waals surface area contributed by atoms with Crippen molar-refractivity contribution in [2.24, 2.45) is 0 Å². The third kappa shape index (κ3) is 2.81. The van der Waals surface area contributed by atoms with Gasteiger partial charge in [-0.25, -0.2) is 9.97 Å². The molecule has 1 fully saturated rings. The lowest BCUT2D eigenvalue weighted by molar-refractivity contribution is 0.468. The van der Waals surface area contributed by atoms with Crippen LogP contribution in [0.5, 0.6) is 0 Å². The maximum atomic E-state index is 6.27. The van der Waals surface area contributed by atoms with E-state index in [1.165, 1.54) is 12.8 Å². The first-order valence-corrected chi connectivity index (χ1v) is 5.89. The molecule has 82 valence electrons. The van der Waals surface area contributed by atoms with Crippen molar-refractivity contribution in [3.05, 3.63) is 18.1 Å². The van der Waals surface area contributed by atoms with Crippen LogP contribution in [0.15, 0.2) is 12.3 Å². The fourth-order valence-corrected chi connectivity index (χ4v) is 2.32. The minimum atomic E-state index is 0.231. The first kappa shape index (κ1) is 10.7. The van der Waals surface area contributed by atoms with E-state index < -0.39 is 0 Å². The summed E-state index contributed by atoms with van der Waals surface area (Å²) in [7, 11) is 0. The zero-order valence-corrected chi connectivity index (χ0v) is 9.67. The van der Waals surface area contributed by atoms with Crippen molar-refractivity contribution < 1.29 is 0 Å². The molecule has 1 aromatic heterocycles. The van der Waals surface area contributed by atoms with Gasteiger partial charge in [0.25, 0.3) is 0 Å². The van der Waals surface area contributed by atoms with Crippen LogP contribution in [0.4, 0.5) is 5.82 Å². The molecule has 0 aromatic carbocycles. The van der Waals surface area contributed by atoms with Crippen LogP contribution < -0.4 is 5.32 Å². The quantitative estimate of drug-likeness (QED) is 0.787. The third-order valence-electron chi connectivity index (χ3n) is 2.79. The molecule has 0 saturated heterocycles. The molecule has 0 spiro atoms. The molecule has 4 heteroatoms.